The third-order valence-electron chi connectivity index (χ3n) is 2.13. The average Bonchev–Trinajstić information content (AvgIpc) is 2.16. The first-order valence-corrected chi connectivity index (χ1v) is 5.93. The van der Waals surface area contributed by atoms with Crippen molar-refractivity contribution in [2.45, 2.75) is 26.7 Å². The maximum atomic E-state index is 11.9. The summed E-state index contributed by atoms with van der Waals surface area (Å²) < 4.78 is 4.98. The first-order valence-electron chi connectivity index (χ1n) is 5.52. The molecule has 0 heterocycles. The third kappa shape index (κ3) is 7.59. The number of hydrogen-bond donors (Lipinski definition) is 1. The van der Waals surface area contributed by atoms with Gasteiger partial charge in [0.2, 0.25) is 5.91 Å². The number of carbonyl (C=O) groups is 1. The molecule has 0 atom stereocenters. The molecule has 0 aliphatic heterocycles. The van der Waals surface area contributed by atoms with Crippen molar-refractivity contribution in [2.75, 3.05) is 26.8 Å². The molecule has 0 aromatic rings. The van der Waals surface area contributed by atoms with E-state index in [0.717, 1.165) is 0 Å². The highest BCUT2D eigenvalue weighted by atomic mass is 32.1. The Morgan fingerprint density at radius 2 is 2.06 bits per heavy atom. The molecular weight excluding hydrogens is 224 g/mol. The highest BCUT2D eigenvalue weighted by Crippen LogP contribution is 2.05. The predicted octanol–water partition coefficient (Wildman–Crippen LogP) is 1.18. The number of carbonyl (C=O) groups excluding carboxylic acids is 1. The average molecular weight is 246 g/mol. The van der Waals surface area contributed by atoms with Gasteiger partial charge < -0.3 is 15.4 Å². The van der Waals surface area contributed by atoms with Gasteiger partial charge in [-0.3, -0.25) is 4.79 Å². The number of ether oxygens (including phenoxy) is 1. The molecule has 0 aliphatic rings. The molecule has 0 rings (SSSR count). The smallest absolute Gasteiger partial charge is 0.222 e. The van der Waals surface area contributed by atoms with Gasteiger partial charge in [0.15, 0.2) is 0 Å². The van der Waals surface area contributed by atoms with Crippen LogP contribution in [0.3, 0.4) is 0 Å². The van der Waals surface area contributed by atoms with Crippen LogP contribution >= 0.6 is 12.2 Å². The molecule has 0 bridgehead atoms. The van der Waals surface area contributed by atoms with E-state index in [2.05, 4.69) is 0 Å². The highest BCUT2D eigenvalue weighted by Gasteiger charge is 2.14. The SMILES string of the molecule is COCCN(CCC(N)=S)C(=O)CC(C)C. The maximum Gasteiger partial charge on any atom is 0.222 e. The number of nitrogens with zero attached hydrogens (tertiary/aromatic N) is 1. The summed E-state index contributed by atoms with van der Waals surface area (Å²) in [5.74, 6) is 0.505. The van der Waals surface area contributed by atoms with E-state index in [0.29, 0.717) is 43.4 Å². The molecular formula is C11H22N2O2S. The summed E-state index contributed by atoms with van der Waals surface area (Å²) in [5.41, 5.74) is 5.43. The number of methoxy groups -OCH3 is 1. The van der Waals surface area contributed by atoms with E-state index in [1.165, 1.54) is 0 Å². The minimum absolute atomic E-state index is 0.142. The predicted molar refractivity (Wildman–Crippen MR) is 69.3 cm³/mol. The molecule has 0 aromatic heterocycles. The first-order chi connectivity index (χ1) is 7.47. The van der Waals surface area contributed by atoms with E-state index < -0.39 is 0 Å². The molecule has 16 heavy (non-hydrogen) atoms. The zero-order chi connectivity index (χ0) is 12.6. The van der Waals surface area contributed by atoms with Crippen molar-refractivity contribution in [3.05, 3.63) is 0 Å². The Balaban J connectivity index is 4.17. The molecule has 0 spiro atoms. The van der Waals surface area contributed by atoms with Crippen LogP contribution in [0.2, 0.25) is 0 Å². The van der Waals surface area contributed by atoms with Crippen molar-refractivity contribution in [3.63, 3.8) is 0 Å². The summed E-state index contributed by atoms with van der Waals surface area (Å²) in [7, 11) is 1.62. The minimum atomic E-state index is 0.142. The second-order valence-corrected chi connectivity index (χ2v) is 4.71. The largest absolute Gasteiger partial charge is 0.393 e. The fourth-order valence-corrected chi connectivity index (χ4v) is 1.38. The summed E-state index contributed by atoms with van der Waals surface area (Å²) in [6.07, 6.45) is 1.13. The van der Waals surface area contributed by atoms with Crippen LogP contribution in [-0.2, 0) is 9.53 Å². The van der Waals surface area contributed by atoms with Crippen molar-refractivity contribution in [2.24, 2.45) is 11.7 Å². The maximum absolute atomic E-state index is 11.9. The molecule has 94 valence electrons. The van der Waals surface area contributed by atoms with Gasteiger partial charge in [-0.05, 0) is 5.92 Å². The van der Waals surface area contributed by atoms with Gasteiger partial charge in [0, 0.05) is 33.0 Å². The van der Waals surface area contributed by atoms with Crippen LogP contribution in [0.5, 0.6) is 0 Å². The molecule has 4 nitrogen and oxygen atoms in total. The van der Waals surface area contributed by atoms with Crippen molar-refractivity contribution >= 4 is 23.1 Å². The van der Waals surface area contributed by atoms with Crippen molar-refractivity contribution in [1.29, 1.82) is 0 Å². The zero-order valence-electron chi connectivity index (χ0n) is 10.4. The van der Waals surface area contributed by atoms with Crippen LogP contribution in [0.4, 0.5) is 0 Å². The van der Waals surface area contributed by atoms with E-state index in [1.807, 2.05) is 13.8 Å². The van der Waals surface area contributed by atoms with E-state index >= 15 is 0 Å². The molecule has 0 radical (unpaired) electrons. The molecule has 0 aliphatic carbocycles. The molecule has 0 saturated carbocycles. The molecule has 0 unspecified atom stereocenters. The van der Waals surface area contributed by atoms with Gasteiger partial charge in [-0.1, -0.05) is 26.1 Å². The van der Waals surface area contributed by atoms with Crippen molar-refractivity contribution in [1.82, 2.24) is 4.90 Å². The van der Waals surface area contributed by atoms with Gasteiger partial charge in [0.25, 0.3) is 0 Å². The van der Waals surface area contributed by atoms with E-state index in [9.17, 15) is 4.79 Å². The number of thiocarbonyl (C=S) groups is 1. The van der Waals surface area contributed by atoms with E-state index in [4.69, 9.17) is 22.7 Å². The van der Waals surface area contributed by atoms with Crippen LogP contribution in [0.25, 0.3) is 0 Å². The summed E-state index contributed by atoms with van der Waals surface area (Å²) in [6.45, 7) is 5.79. The second-order valence-electron chi connectivity index (χ2n) is 4.19. The Morgan fingerprint density at radius 1 is 1.44 bits per heavy atom. The van der Waals surface area contributed by atoms with Crippen LogP contribution in [0.15, 0.2) is 0 Å². The molecule has 0 aromatic carbocycles. The Morgan fingerprint density at radius 3 is 2.50 bits per heavy atom. The Bertz CT molecular complexity index is 232. The number of rotatable bonds is 8. The fraction of sp³-hybridized carbons (Fsp3) is 0.818. The monoisotopic (exact) mass is 246 g/mol. The topological polar surface area (TPSA) is 55.6 Å². The Kier molecular flexibility index (Phi) is 8.11. The zero-order valence-corrected chi connectivity index (χ0v) is 11.2. The summed E-state index contributed by atoms with van der Waals surface area (Å²) in [4.78, 5) is 14.1. The Labute approximate surface area is 103 Å². The van der Waals surface area contributed by atoms with E-state index in [-0.39, 0.29) is 5.91 Å². The van der Waals surface area contributed by atoms with Gasteiger partial charge in [-0.25, -0.2) is 0 Å². The lowest BCUT2D eigenvalue weighted by atomic mass is 10.1. The lowest BCUT2D eigenvalue weighted by molar-refractivity contribution is -0.132. The summed E-state index contributed by atoms with van der Waals surface area (Å²) >= 11 is 4.81. The molecule has 2 N–H and O–H groups in total. The van der Waals surface area contributed by atoms with Crippen LogP contribution in [-0.4, -0.2) is 42.6 Å². The summed E-state index contributed by atoms with van der Waals surface area (Å²) in [5, 5.41) is 0. The van der Waals surface area contributed by atoms with Gasteiger partial charge in [-0.2, -0.15) is 0 Å². The quantitative estimate of drug-likeness (QED) is 0.654. The first kappa shape index (κ1) is 15.3. The molecule has 1 amide bonds. The number of amides is 1. The van der Waals surface area contributed by atoms with Gasteiger partial charge in [0.05, 0.1) is 11.6 Å². The third-order valence-corrected chi connectivity index (χ3v) is 2.33. The number of nitrogens with two attached hydrogens (primary N) is 1. The second kappa shape index (κ2) is 8.47. The minimum Gasteiger partial charge on any atom is -0.393 e. The van der Waals surface area contributed by atoms with Crippen LogP contribution in [0.1, 0.15) is 26.7 Å². The highest BCUT2D eigenvalue weighted by molar-refractivity contribution is 7.80. The normalized spacial score (nSPS) is 10.5. The van der Waals surface area contributed by atoms with Crippen LogP contribution < -0.4 is 5.73 Å². The standard InChI is InChI=1S/C11H22N2O2S/c1-9(2)8-11(14)13(6-7-15-3)5-4-10(12)16/h9H,4-8H2,1-3H3,(H2,12,16). The van der Waals surface area contributed by atoms with Gasteiger partial charge >= 0.3 is 0 Å². The number of hydrogen-bond acceptors (Lipinski definition) is 3. The van der Waals surface area contributed by atoms with Crippen molar-refractivity contribution in [3.8, 4) is 0 Å². The Hall–Kier alpha value is -0.680. The molecule has 0 fully saturated rings. The fourth-order valence-electron chi connectivity index (χ4n) is 1.29. The molecule has 5 heteroatoms. The lowest BCUT2D eigenvalue weighted by Gasteiger charge is -2.23. The van der Waals surface area contributed by atoms with Gasteiger partial charge in [-0.15, -0.1) is 0 Å². The van der Waals surface area contributed by atoms with E-state index in [1.54, 1.807) is 12.0 Å². The lowest BCUT2D eigenvalue weighted by Crippen LogP contribution is -2.36. The van der Waals surface area contributed by atoms with Crippen molar-refractivity contribution < 1.29 is 9.53 Å². The summed E-state index contributed by atoms with van der Waals surface area (Å²) in [6, 6.07) is 0. The van der Waals surface area contributed by atoms with Gasteiger partial charge in [0.1, 0.15) is 0 Å². The molecule has 0 saturated heterocycles. The van der Waals surface area contributed by atoms with Crippen LogP contribution in [0, 0.1) is 5.92 Å².